The summed E-state index contributed by atoms with van der Waals surface area (Å²) in [5, 5.41) is 10.7. The molecule has 1 fully saturated rings. The zero-order valence-corrected chi connectivity index (χ0v) is 18.1. The number of amides is 1. The van der Waals surface area contributed by atoms with Gasteiger partial charge < -0.3 is 10.2 Å². The molecular formula is C26H28N4O. The Hall–Kier alpha value is -3.34. The number of anilines is 2. The number of fused-ring (bicyclic) bond motifs is 1. The number of nitrogens with one attached hydrogen (secondary N) is 2. The van der Waals surface area contributed by atoms with E-state index in [2.05, 4.69) is 101 Å². The number of hydrogen-bond acceptors (Lipinski definition) is 3. The van der Waals surface area contributed by atoms with Crippen LogP contribution in [0.25, 0.3) is 6.08 Å². The fraction of sp³-hybridized carbons (Fsp3) is 0.308. The molecule has 0 radical (unpaired) electrons. The number of hydrogen-bond donors (Lipinski definition) is 2. The van der Waals surface area contributed by atoms with Crippen LogP contribution in [-0.2, 0) is 16.6 Å². The van der Waals surface area contributed by atoms with Crippen molar-refractivity contribution in [3.63, 3.8) is 0 Å². The van der Waals surface area contributed by atoms with Crippen molar-refractivity contribution in [2.45, 2.75) is 31.1 Å². The zero-order chi connectivity index (χ0) is 21.4. The molecule has 5 heteroatoms. The lowest BCUT2D eigenvalue weighted by Crippen LogP contribution is -2.31. The zero-order valence-electron chi connectivity index (χ0n) is 18.1. The SMILES string of the molecule is CN(C)c1cccc(C2(c3ccccc3)C=Cc3c(NC(=O)C4CCC4)n[nH]c3C2)c1. The Kier molecular flexibility index (Phi) is 4.89. The van der Waals surface area contributed by atoms with Crippen molar-refractivity contribution in [3.8, 4) is 0 Å². The minimum Gasteiger partial charge on any atom is -0.378 e. The lowest BCUT2D eigenvalue weighted by Gasteiger charge is -2.35. The number of benzene rings is 2. The summed E-state index contributed by atoms with van der Waals surface area (Å²) >= 11 is 0. The van der Waals surface area contributed by atoms with E-state index >= 15 is 0 Å². The molecule has 1 amide bonds. The fourth-order valence-corrected chi connectivity index (χ4v) is 4.61. The number of allylic oxidation sites excluding steroid dienone is 1. The Bertz CT molecular complexity index is 1130. The second kappa shape index (κ2) is 7.73. The first-order chi connectivity index (χ1) is 15.1. The number of aromatic nitrogens is 2. The van der Waals surface area contributed by atoms with Gasteiger partial charge in [-0.25, -0.2) is 0 Å². The summed E-state index contributed by atoms with van der Waals surface area (Å²) in [6, 6.07) is 19.3. The first-order valence-electron chi connectivity index (χ1n) is 11.0. The molecule has 0 bridgehead atoms. The van der Waals surface area contributed by atoms with E-state index in [4.69, 9.17) is 0 Å². The smallest absolute Gasteiger partial charge is 0.228 e. The minimum atomic E-state index is -0.304. The van der Waals surface area contributed by atoms with Crippen LogP contribution in [0, 0.1) is 5.92 Å². The molecule has 1 unspecified atom stereocenters. The molecule has 2 N–H and O–H groups in total. The van der Waals surface area contributed by atoms with Crippen LogP contribution in [0.15, 0.2) is 60.7 Å². The van der Waals surface area contributed by atoms with Crippen molar-refractivity contribution in [1.29, 1.82) is 0 Å². The highest BCUT2D eigenvalue weighted by Gasteiger charge is 2.37. The number of rotatable bonds is 5. The van der Waals surface area contributed by atoms with Crippen molar-refractivity contribution in [3.05, 3.63) is 83.1 Å². The minimum absolute atomic E-state index is 0.0903. The van der Waals surface area contributed by atoms with Crippen molar-refractivity contribution >= 4 is 23.5 Å². The third-order valence-corrected chi connectivity index (χ3v) is 6.76. The molecule has 31 heavy (non-hydrogen) atoms. The fourth-order valence-electron chi connectivity index (χ4n) is 4.61. The van der Waals surface area contributed by atoms with E-state index in [9.17, 15) is 4.79 Å². The van der Waals surface area contributed by atoms with Gasteiger partial charge in [0, 0.05) is 48.8 Å². The Morgan fingerprint density at radius 2 is 1.87 bits per heavy atom. The predicted octanol–water partition coefficient (Wildman–Crippen LogP) is 4.77. The summed E-state index contributed by atoms with van der Waals surface area (Å²) in [6.45, 7) is 0. The van der Waals surface area contributed by atoms with E-state index in [-0.39, 0.29) is 17.2 Å². The Morgan fingerprint density at radius 3 is 2.58 bits per heavy atom. The molecule has 5 rings (SSSR count). The van der Waals surface area contributed by atoms with Crippen molar-refractivity contribution in [2.24, 2.45) is 5.92 Å². The van der Waals surface area contributed by atoms with Crippen molar-refractivity contribution in [2.75, 3.05) is 24.3 Å². The number of carbonyl (C=O) groups excluding carboxylic acids is 1. The molecule has 5 nitrogen and oxygen atoms in total. The summed E-state index contributed by atoms with van der Waals surface area (Å²) < 4.78 is 0. The van der Waals surface area contributed by atoms with E-state index < -0.39 is 0 Å². The van der Waals surface area contributed by atoms with Gasteiger partial charge in [-0.2, -0.15) is 5.10 Å². The van der Waals surface area contributed by atoms with Gasteiger partial charge in [-0.1, -0.05) is 61.0 Å². The van der Waals surface area contributed by atoms with Gasteiger partial charge >= 0.3 is 0 Å². The number of aromatic amines is 1. The maximum atomic E-state index is 12.5. The summed E-state index contributed by atoms with van der Waals surface area (Å²) in [5.41, 5.74) is 5.38. The van der Waals surface area contributed by atoms with Gasteiger partial charge in [0.25, 0.3) is 0 Å². The van der Waals surface area contributed by atoms with Crippen molar-refractivity contribution in [1.82, 2.24) is 10.2 Å². The average Bonchev–Trinajstić information content (AvgIpc) is 3.14. The molecule has 3 aromatic rings. The van der Waals surface area contributed by atoms with Crippen LogP contribution in [0.1, 0.15) is 41.6 Å². The Morgan fingerprint density at radius 1 is 1.10 bits per heavy atom. The average molecular weight is 413 g/mol. The van der Waals surface area contributed by atoms with Gasteiger partial charge in [-0.15, -0.1) is 0 Å². The lowest BCUT2D eigenvalue weighted by molar-refractivity contribution is -0.122. The van der Waals surface area contributed by atoms with Gasteiger partial charge in [0.15, 0.2) is 5.82 Å². The van der Waals surface area contributed by atoms with Crippen LogP contribution in [-0.4, -0.2) is 30.2 Å². The lowest BCUT2D eigenvalue weighted by atomic mass is 9.68. The third-order valence-electron chi connectivity index (χ3n) is 6.76. The number of carbonyl (C=O) groups is 1. The first kappa shape index (κ1) is 19.6. The van der Waals surface area contributed by atoms with Gasteiger partial charge in [0.05, 0.1) is 0 Å². The number of H-pyrrole nitrogens is 1. The normalized spacial score (nSPS) is 20.1. The highest BCUT2D eigenvalue weighted by atomic mass is 16.2. The third kappa shape index (κ3) is 3.44. The van der Waals surface area contributed by atoms with E-state index in [0.717, 1.165) is 36.9 Å². The van der Waals surface area contributed by atoms with E-state index in [1.807, 2.05) is 0 Å². The summed E-state index contributed by atoms with van der Waals surface area (Å²) in [4.78, 5) is 14.6. The van der Waals surface area contributed by atoms with Gasteiger partial charge in [-0.05, 0) is 36.1 Å². The van der Waals surface area contributed by atoms with E-state index in [1.165, 1.54) is 16.8 Å². The monoisotopic (exact) mass is 412 g/mol. The second-order valence-electron chi connectivity index (χ2n) is 8.87. The summed E-state index contributed by atoms with van der Waals surface area (Å²) in [6.07, 6.45) is 8.25. The van der Waals surface area contributed by atoms with E-state index in [1.54, 1.807) is 0 Å². The van der Waals surface area contributed by atoms with Crippen LogP contribution in [0.2, 0.25) is 0 Å². The van der Waals surface area contributed by atoms with Crippen LogP contribution < -0.4 is 10.2 Å². The molecule has 1 atom stereocenters. The highest BCUT2D eigenvalue weighted by Crippen LogP contribution is 2.43. The molecule has 2 aromatic carbocycles. The van der Waals surface area contributed by atoms with Gasteiger partial charge in [0.1, 0.15) is 0 Å². The van der Waals surface area contributed by atoms with Crippen LogP contribution in [0.3, 0.4) is 0 Å². The number of nitrogens with zero attached hydrogens (tertiary/aromatic N) is 2. The largest absolute Gasteiger partial charge is 0.378 e. The van der Waals surface area contributed by atoms with Crippen LogP contribution in [0.5, 0.6) is 0 Å². The summed E-state index contributed by atoms with van der Waals surface area (Å²) in [5.74, 6) is 0.872. The Labute approximate surface area is 183 Å². The molecule has 1 heterocycles. The molecule has 1 aromatic heterocycles. The predicted molar refractivity (Wildman–Crippen MR) is 125 cm³/mol. The molecule has 0 saturated heterocycles. The molecule has 0 spiro atoms. The molecule has 1 saturated carbocycles. The molecule has 2 aliphatic carbocycles. The van der Waals surface area contributed by atoms with Crippen LogP contribution in [0.4, 0.5) is 11.5 Å². The standard InChI is InChI=1S/C26H28N4O/c1-30(2)21-13-7-12-20(16-21)26(19-10-4-3-5-11-19)15-14-22-23(17-26)28-29-24(22)27-25(31)18-8-6-9-18/h3-5,7,10-16,18H,6,8-9,17H2,1-2H3,(H2,27,28,29,31). The molecular weight excluding hydrogens is 384 g/mol. The maximum absolute atomic E-state index is 12.5. The molecule has 0 aliphatic heterocycles. The van der Waals surface area contributed by atoms with Gasteiger partial charge in [0.2, 0.25) is 5.91 Å². The van der Waals surface area contributed by atoms with Gasteiger partial charge in [-0.3, -0.25) is 9.89 Å². The summed E-state index contributed by atoms with van der Waals surface area (Å²) in [7, 11) is 4.13. The van der Waals surface area contributed by atoms with Crippen LogP contribution >= 0.6 is 0 Å². The topological polar surface area (TPSA) is 61.0 Å². The molecule has 158 valence electrons. The first-order valence-corrected chi connectivity index (χ1v) is 11.0. The van der Waals surface area contributed by atoms with Crippen molar-refractivity contribution < 1.29 is 4.79 Å². The Balaban J connectivity index is 1.55. The second-order valence-corrected chi connectivity index (χ2v) is 8.87. The highest BCUT2D eigenvalue weighted by molar-refractivity contribution is 5.94. The van der Waals surface area contributed by atoms with E-state index in [0.29, 0.717) is 5.82 Å². The molecule has 2 aliphatic rings. The maximum Gasteiger partial charge on any atom is 0.228 e. The quantitative estimate of drug-likeness (QED) is 0.635.